The zero-order chi connectivity index (χ0) is 14.9. The van der Waals surface area contributed by atoms with Crippen molar-refractivity contribution in [2.24, 2.45) is 11.1 Å². The number of H-pyrrole nitrogens is 1. The number of sulfonamides is 1. The van der Waals surface area contributed by atoms with E-state index in [0.29, 0.717) is 19.7 Å². The topological polar surface area (TPSA) is 118 Å². The second-order valence-corrected chi connectivity index (χ2v) is 6.43. The second-order valence-electron chi connectivity index (χ2n) is 4.93. The summed E-state index contributed by atoms with van der Waals surface area (Å²) in [6, 6.07) is 0. The molecule has 1 aliphatic rings. The minimum Gasteiger partial charge on any atom is -0.384 e. The van der Waals surface area contributed by atoms with Crippen LogP contribution in [0.2, 0.25) is 0 Å². The first kappa shape index (κ1) is 14.9. The molecular weight excluding hydrogens is 284 g/mol. The molecule has 1 atom stereocenters. The third-order valence-electron chi connectivity index (χ3n) is 3.35. The first-order valence-corrected chi connectivity index (χ1v) is 7.75. The SMILES string of the molecule is COCC1CCN(C(=O)c2n[nH]c(C)c2S(N)(=O)=O)C1. The van der Waals surface area contributed by atoms with Crippen molar-refractivity contribution < 1.29 is 17.9 Å². The lowest BCUT2D eigenvalue weighted by Gasteiger charge is -2.15. The van der Waals surface area contributed by atoms with Gasteiger partial charge in [-0.15, -0.1) is 0 Å². The van der Waals surface area contributed by atoms with Crippen molar-refractivity contribution >= 4 is 15.9 Å². The zero-order valence-corrected chi connectivity index (χ0v) is 12.2. The summed E-state index contributed by atoms with van der Waals surface area (Å²) in [5, 5.41) is 11.4. The lowest BCUT2D eigenvalue weighted by atomic mass is 10.1. The number of aryl methyl sites for hydroxylation is 1. The first-order valence-electron chi connectivity index (χ1n) is 6.20. The van der Waals surface area contributed by atoms with E-state index in [4.69, 9.17) is 9.88 Å². The van der Waals surface area contributed by atoms with Crippen molar-refractivity contribution in [3.05, 3.63) is 11.4 Å². The Morgan fingerprint density at radius 3 is 2.90 bits per heavy atom. The Labute approximate surface area is 117 Å². The lowest BCUT2D eigenvalue weighted by Crippen LogP contribution is -2.31. The van der Waals surface area contributed by atoms with Gasteiger partial charge >= 0.3 is 0 Å². The molecule has 2 heterocycles. The van der Waals surface area contributed by atoms with Crippen LogP contribution in [0, 0.1) is 12.8 Å². The largest absolute Gasteiger partial charge is 0.384 e. The highest BCUT2D eigenvalue weighted by atomic mass is 32.2. The number of primary sulfonamides is 1. The summed E-state index contributed by atoms with van der Waals surface area (Å²) in [5.41, 5.74) is 0.131. The van der Waals surface area contributed by atoms with E-state index in [2.05, 4.69) is 10.2 Å². The van der Waals surface area contributed by atoms with Crippen LogP contribution in [0.4, 0.5) is 0 Å². The molecule has 1 fully saturated rings. The Bertz CT molecular complexity index is 610. The second kappa shape index (κ2) is 5.51. The average molecular weight is 302 g/mol. The molecule has 0 saturated carbocycles. The summed E-state index contributed by atoms with van der Waals surface area (Å²) in [7, 11) is -2.37. The number of ether oxygens (including phenoxy) is 1. The molecule has 0 aromatic carbocycles. The molecule has 112 valence electrons. The molecule has 1 saturated heterocycles. The quantitative estimate of drug-likeness (QED) is 0.775. The maximum atomic E-state index is 12.4. The van der Waals surface area contributed by atoms with Gasteiger partial charge in [0, 0.05) is 26.1 Å². The number of methoxy groups -OCH3 is 1. The smallest absolute Gasteiger partial charge is 0.275 e. The summed E-state index contributed by atoms with van der Waals surface area (Å²) in [6.45, 7) is 3.18. The van der Waals surface area contributed by atoms with Crippen molar-refractivity contribution in [3.63, 3.8) is 0 Å². The van der Waals surface area contributed by atoms with Gasteiger partial charge in [-0.3, -0.25) is 9.89 Å². The Hall–Kier alpha value is -1.45. The minimum absolute atomic E-state index is 0.136. The number of carbonyl (C=O) groups is 1. The van der Waals surface area contributed by atoms with Crippen molar-refractivity contribution in [3.8, 4) is 0 Å². The molecule has 0 radical (unpaired) electrons. The van der Waals surface area contributed by atoms with Crippen LogP contribution in [0.5, 0.6) is 0 Å². The summed E-state index contributed by atoms with van der Waals surface area (Å²) in [4.78, 5) is 13.7. The van der Waals surface area contributed by atoms with E-state index in [9.17, 15) is 13.2 Å². The highest BCUT2D eigenvalue weighted by molar-refractivity contribution is 7.89. The normalized spacial score (nSPS) is 19.6. The lowest BCUT2D eigenvalue weighted by molar-refractivity contribution is 0.0766. The molecule has 8 nitrogen and oxygen atoms in total. The summed E-state index contributed by atoms with van der Waals surface area (Å²) in [6.07, 6.45) is 0.827. The van der Waals surface area contributed by atoms with E-state index in [1.165, 1.54) is 6.92 Å². The third-order valence-corrected chi connectivity index (χ3v) is 4.42. The Kier molecular flexibility index (Phi) is 4.11. The van der Waals surface area contributed by atoms with Gasteiger partial charge in [0.15, 0.2) is 5.69 Å². The van der Waals surface area contributed by atoms with Gasteiger partial charge in [0.2, 0.25) is 10.0 Å². The number of amides is 1. The van der Waals surface area contributed by atoms with Gasteiger partial charge in [-0.1, -0.05) is 0 Å². The highest BCUT2D eigenvalue weighted by Gasteiger charge is 2.32. The molecule has 0 bridgehead atoms. The van der Waals surface area contributed by atoms with Crippen LogP contribution in [0.15, 0.2) is 4.90 Å². The molecule has 1 aromatic rings. The van der Waals surface area contributed by atoms with Crippen molar-refractivity contribution in [2.75, 3.05) is 26.8 Å². The minimum atomic E-state index is -3.99. The number of hydrogen-bond acceptors (Lipinski definition) is 5. The molecule has 20 heavy (non-hydrogen) atoms. The van der Waals surface area contributed by atoms with E-state index in [0.717, 1.165) is 6.42 Å². The molecule has 9 heteroatoms. The summed E-state index contributed by atoms with van der Waals surface area (Å²) < 4.78 is 28.2. The monoisotopic (exact) mass is 302 g/mol. The van der Waals surface area contributed by atoms with Crippen LogP contribution in [-0.4, -0.2) is 56.2 Å². The molecular formula is C11H18N4O4S. The fraction of sp³-hybridized carbons (Fsp3) is 0.636. The Balaban J connectivity index is 2.23. The van der Waals surface area contributed by atoms with E-state index < -0.39 is 15.9 Å². The van der Waals surface area contributed by atoms with Crippen LogP contribution < -0.4 is 5.14 Å². The summed E-state index contributed by atoms with van der Waals surface area (Å²) >= 11 is 0. The predicted molar refractivity (Wildman–Crippen MR) is 70.6 cm³/mol. The number of hydrogen-bond donors (Lipinski definition) is 2. The number of nitrogens with two attached hydrogens (primary N) is 1. The van der Waals surface area contributed by atoms with Crippen LogP contribution in [0.3, 0.4) is 0 Å². The number of aromatic nitrogens is 2. The van der Waals surface area contributed by atoms with E-state index in [-0.39, 0.29) is 22.2 Å². The summed E-state index contributed by atoms with van der Waals surface area (Å²) in [5.74, 6) is -0.154. The molecule has 2 rings (SSSR count). The molecule has 1 unspecified atom stereocenters. The van der Waals surface area contributed by atoms with Crippen molar-refractivity contribution in [2.45, 2.75) is 18.2 Å². The highest BCUT2D eigenvalue weighted by Crippen LogP contribution is 2.22. The zero-order valence-electron chi connectivity index (χ0n) is 11.4. The van der Waals surface area contributed by atoms with Crippen molar-refractivity contribution in [1.82, 2.24) is 15.1 Å². The predicted octanol–water partition coefficient (Wildman–Crippen LogP) is -0.526. The maximum Gasteiger partial charge on any atom is 0.275 e. The fourth-order valence-electron chi connectivity index (χ4n) is 2.45. The molecule has 0 spiro atoms. The number of carbonyl (C=O) groups excluding carboxylic acids is 1. The average Bonchev–Trinajstić information content (AvgIpc) is 2.94. The maximum absolute atomic E-state index is 12.4. The van der Waals surface area contributed by atoms with Gasteiger partial charge in [0.25, 0.3) is 5.91 Å². The van der Waals surface area contributed by atoms with Gasteiger partial charge in [0.05, 0.1) is 12.3 Å². The van der Waals surface area contributed by atoms with Crippen LogP contribution >= 0.6 is 0 Å². The molecule has 1 amide bonds. The Morgan fingerprint density at radius 1 is 1.60 bits per heavy atom. The fourth-order valence-corrected chi connectivity index (χ4v) is 3.33. The van der Waals surface area contributed by atoms with Crippen LogP contribution in [0.1, 0.15) is 22.6 Å². The number of rotatable bonds is 4. The molecule has 3 N–H and O–H groups in total. The van der Waals surface area contributed by atoms with E-state index in [1.54, 1.807) is 12.0 Å². The van der Waals surface area contributed by atoms with Gasteiger partial charge in [-0.25, -0.2) is 13.6 Å². The van der Waals surface area contributed by atoms with Gasteiger partial charge < -0.3 is 9.64 Å². The molecule has 1 aromatic heterocycles. The third kappa shape index (κ3) is 2.84. The number of likely N-dealkylation sites (tertiary alicyclic amines) is 1. The number of aromatic amines is 1. The van der Waals surface area contributed by atoms with E-state index in [1.807, 2.05) is 0 Å². The van der Waals surface area contributed by atoms with E-state index >= 15 is 0 Å². The van der Waals surface area contributed by atoms with Gasteiger partial charge in [-0.2, -0.15) is 5.10 Å². The van der Waals surface area contributed by atoms with Crippen molar-refractivity contribution in [1.29, 1.82) is 0 Å². The number of nitrogens with zero attached hydrogens (tertiary/aromatic N) is 2. The van der Waals surface area contributed by atoms with Gasteiger partial charge in [-0.05, 0) is 13.3 Å². The van der Waals surface area contributed by atoms with Crippen LogP contribution in [-0.2, 0) is 14.8 Å². The Morgan fingerprint density at radius 2 is 2.30 bits per heavy atom. The standard InChI is InChI=1S/C11H18N4O4S/c1-7-10(20(12,17)18)9(14-13-7)11(16)15-4-3-8(5-15)6-19-2/h8H,3-6H2,1-2H3,(H,13,14)(H2,12,17,18). The van der Waals surface area contributed by atoms with Gasteiger partial charge in [0.1, 0.15) is 4.90 Å². The first-order chi connectivity index (χ1) is 9.34. The van der Waals surface area contributed by atoms with Crippen LogP contribution in [0.25, 0.3) is 0 Å². The molecule has 1 aliphatic heterocycles. The number of nitrogens with one attached hydrogen (secondary N) is 1. The molecule has 0 aliphatic carbocycles.